The van der Waals surface area contributed by atoms with Crippen LogP contribution in [0.4, 0.5) is 0 Å². The summed E-state index contributed by atoms with van der Waals surface area (Å²) < 4.78 is 10.9. The molecule has 1 aromatic carbocycles. The second-order valence-electron chi connectivity index (χ2n) is 7.94. The number of carbonyl (C=O) groups is 1. The van der Waals surface area contributed by atoms with Gasteiger partial charge in [0.05, 0.1) is 18.9 Å². The van der Waals surface area contributed by atoms with Crippen molar-refractivity contribution < 1.29 is 13.9 Å². The van der Waals surface area contributed by atoms with Crippen LogP contribution in [0.3, 0.4) is 0 Å². The molecular weight excluding hydrogens is 444 g/mol. The molecule has 3 aromatic rings. The van der Waals surface area contributed by atoms with Gasteiger partial charge in [0.1, 0.15) is 5.75 Å². The summed E-state index contributed by atoms with van der Waals surface area (Å²) in [5, 5.41) is 13.7. The average molecular weight is 473 g/mol. The zero-order chi connectivity index (χ0) is 22.3. The van der Waals surface area contributed by atoms with Crippen molar-refractivity contribution in [2.45, 2.75) is 31.0 Å². The van der Waals surface area contributed by atoms with Gasteiger partial charge < -0.3 is 14.5 Å². The molecule has 1 N–H and O–H groups in total. The molecule has 9 heteroatoms. The maximum Gasteiger partial charge on any atom is 0.277 e. The minimum absolute atomic E-state index is 0.0360. The molecule has 2 aromatic heterocycles. The number of hydrogen-bond donors (Lipinski definition) is 1. The minimum atomic E-state index is -0.0360. The normalized spacial score (nSPS) is 16.1. The van der Waals surface area contributed by atoms with E-state index >= 15 is 0 Å². The zero-order valence-electron chi connectivity index (χ0n) is 18.3. The minimum Gasteiger partial charge on any atom is -0.497 e. The highest BCUT2D eigenvalue weighted by Crippen LogP contribution is 2.29. The highest BCUT2D eigenvalue weighted by atomic mass is 32.2. The van der Waals surface area contributed by atoms with Gasteiger partial charge in [-0.1, -0.05) is 24.8 Å². The molecule has 0 spiro atoms. The Morgan fingerprint density at radius 2 is 2.06 bits per heavy atom. The maximum atomic E-state index is 12.5. The number of thioether (sulfide) groups is 1. The Labute approximate surface area is 196 Å². The lowest BCUT2D eigenvalue weighted by molar-refractivity contribution is -0.118. The first-order valence-corrected chi connectivity index (χ1v) is 12.6. The Morgan fingerprint density at radius 1 is 1.28 bits per heavy atom. The van der Waals surface area contributed by atoms with Crippen molar-refractivity contribution in [1.29, 1.82) is 0 Å². The van der Waals surface area contributed by atoms with Gasteiger partial charge in [-0.3, -0.25) is 9.69 Å². The molecule has 1 aliphatic heterocycles. The first-order valence-electron chi connectivity index (χ1n) is 10.8. The molecule has 0 saturated carbocycles. The Bertz CT molecular complexity index is 983. The fourth-order valence-corrected chi connectivity index (χ4v) is 5.19. The summed E-state index contributed by atoms with van der Waals surface area (Å²) in [7, 11) is 1.62. The van der Waals surface area contributed by atoms with Crippen molar-refractivity contribution in [3.63, 3.8) is 0 Å². The molecule has 1 amide bonds. The van der Waals surface area contributed by atoms with Gasteiger partial charge in [-0.05, 0) is 67.6 Å². The van der Waals surface area contributed by atoms with Crippen LogP contribution in [-0.4, -0.2) is 53.5 Å². The van der Waals surface area contributed by atoms with E-state index in [2.05, 4.69) is 44.9 Å². The summed E-state index contributed by atoms with van der Waals surface area (Å²) >= 11 is 3.00. The van der Waals surface area contributed by atoms with E-state index < -0.39 is 0 Å². The number of nitrogens with one attached hydrogen (secondary N) is 1. The van der Waals surface area contributed by atoms with Crippen LogP contribution in [0.2, 0.25) is 0 Å². The topological polar surface area (TPSA) is 80.5 Å². The van der Waals surface area contributed by atoms with Crippen molar-refractivity contribution in [2.75, 3.05) is 32.5 Å². The van der Waals surface area contributed by atoms with E-state index in [0.717, 1.165) is 30.3 Å². The molecule has 4 rings (SSSR count). The maximum absolute atomic E-state index is 12.5. The van der Waals surface area contributed by atoms with Crippen LogP contribution in [0, 0.1) is 5.92 Å². The van der Waals surface area contributed by atoms with Crippen molar-refractivity contribution in [3.05, 3.63) is 46.7 Å². The van der Waals surface area contributed by atoms with Gasteiger partial charge >= 0.3 is 0 Å². The highest BCUT2D eigenvalue weighted by Gasteiger charge is 2.25. The number of likely N-dealkylation sites (tertiary alicyclic amines) is 1. The number of thiophene rings is 1. The number of piperidine rings is 1. The van der Waals surface area contributed by atoms with Crippen molar-refractivity contribution in [3.8, 4) is 17.2 Å². The van der Waals surface area contributed by atoms with Gasteiger partial charge in [0.2, 0.25) is 11.8 Å². The van der Waals surface area contributed by atoms with E-state index in [-0.39, 0.29) is 17.7 Å². The molecule has 1 atom stereocenters. The summed E-state index contributed by atoms with van der Waals surface area (Å²) in [5.41, 5.74) is 0.809. The summed E-state index contributed by atoms with van der Waals surface area (Å²) in [5.74, 6) is 2.16. The van der Waals surface area contributed by atoms with E-state index in [0.29, 0.717) is 17.7 Å². The summed E-state index contributed by atoms with van der Waals surface area (Å²) in [6, 6.07) is 11.9. The van der Waals surface area contributed by atoms with E-state index in [9.17, 15) is 4.79 Å². The summed E-state index contributed by atoms with van der Waals surface area (Å²) in [4.78, 5) is 16.3. The SMILES string of the molecule is COc1ccc(-c2nnc(SCC(=O)NCC(c3cccs3)N3CCC(C)CC3)o2)cc1. The number of carbonyl (C=O) groups excluding carboxylic acids is 1. The average Bonchev–Trinajstić information content (AvgIpc) is 3.52. The lowest BCUT2D eigenvalue weighted by Gasteiger charge is -2.36. The summed E-state index contributed by atoms with van der Waals surface area (Å²) in [6.45, 7) is 5.07. The molecule has 0 radical (unpaired) electrons. The number of aromatic nitrogens is 2. The predicted octanol–water partition coefficient (Wildman–Crippen LogP) is 4.49. The molecule has 7 nitrogen and oxygen atoms in total. The van der Waals surface area contributed by atoms with Crippen LogP contribution >= 0.6 is 23.1 Å². The first kappa shape index (κ1) is 22.8. The Balaban J connectivity index is 1.29. The highest BCUT2D eigenvalue weighted by molar-refractivity contribution is 7.99. The number of benzene rings is 1. The lowest BCUT2D eigenvalue weighted by Crippen LogP contribution is -2.42. The van der Waals surface area contributed by atoms with E-state index in [4.69, 9.17) is 9.15 Å². The molecule has 1 fully saturated rings. The second-order valence-corrected chi connectivity index (χ2v) is 9.85. The molecule has 170 valence electrons. The van der Waals surface area contributed by atoms with Crippen molar-refractivity contribution >= 4 is 29.0 Å². The Kier molecular flexibility index (Phi) is 7.83. The predicted molar refractivity (Wildman–Crippen MR) is 127 cm³/mol. The Hall–Kier alpha value is -2.36. The first-order chi connectivity index (χ1) is 15.6. The van der Waals surface area contributed by atoms with Gasteiger partial charge in [-0.25, -0.2) is 0 Å². The zero-order valence-corrected chi connectivity index (χ0v) is 20.0. The van der Waals surface area contributed by atoms with Crippen LogP contribution in [-0.2, 0) is 4.79 Å². The van der Waals surface area contributed by atoms with Crippen LogP contribution in [0.15, 0.2) is 51.4 Å². The van der Waals surface area contributed by atoms with E-state index in [1.165, 1.54) is 29.5 Å². The van der Waals surface area contributed by atoms with Crippen LogP contribution in [0.1, 0.15) is 30.7 Å². The van der Waals surface area contributed by atoms with Crippen LogP contribution in [0.5, 0.6) is 5.75 Å². The molecule has 3 heterocycles. The van der Waals surface area contributed by atoms with Crippen LogP contribution in [0.25, 0.3) is 11.5 Å². The summed E-state index contributed by atoms with van der Waals surface area (Å²) in [6.07, 6.45) is 2.42. The standard InChI is InChI=1S/C23H28N4O3S2/c1-16-9-11-27(12-10-16)19(20-4-3-13-31-20)14-24-21(28)15-32-23-26-25-22(30-23)17-5-7-18(29-2)8-6-17/h3-8,13,16,19H,9-12,14-15H2,1-2H3,(H,24,28). The van der Waals surface area contributed by atoms with Gasteiger partial charge in [-0.15, -0.1) is 21.5 Å². The molecule has 32 heavy (non-hydrogen) atoms. The van der Waals surface area contributed by atoms with E-state index in [1.807, 2.05) is 24.3 Å². The van der Waals surface area contributed by atoms with Crippen molar-refractivity contribution in [1.82, 2.24) is 20.4 Å². The molecular formula is C23H28N4O3S2. The monoisotopic (exact) mass is 472 g/mol. The third kappa shape index (κ3) is 5.90. The Morgan fingerprint density at radius 3 is 2.75 bits per heavy atom. The molecule has 1 aliphatic rings. The quantitative estimate of drug-likeness (QED) is 0.460. The van der Waals surface area contributed by atoms with Crippen LogP contribution < -0.4 is 10.1 Å². The smallest absolute Gasteiger partial charge is 0.277 e. The number of hydrogen-bond acceptors (Lipinski definition) is 8. The second kappa shape index (κ2) is 11.0. The largest absolute Gasteiger partial charge is 0.497 e. The molecule has 1 unspecified atom stereocenters. The van der Waals surface area contributed by atoms with Gasteiger partial charge in [0.15, 0.2) is 0 Å². The number of ether oxygens (including phenoxy) is 1. The molecule has 0 aliphatic carbocycles. The van der Waals surface area contributed by atoms with Gasteiger partial charge in [0, 0.05) is 17.0 Å². The number of methoxy groups -OCH3 is 1. The number of amides is 1. The molecule has 0 bridgehead atoms. The number of nitrogens with zero attached hydrogens (tertiary/aromatic N) is 3. The third-order valence-electron chi connectivity index (χ3n) is 5.69. The molecule has 1 saturated heterocycles. The number of rotatable bonds is 9. The van der Waals surface area contributed by atoms with E-state index in [1.54, 1.807) is 18.4 Å². The van der Waals surface area contributed by atoms with Gasteiger partial charge in [0.25, 0.3) is 5.22 Å². The van der Waals surface area contributed by atoms with Crippen molar-refractivity contribution in [2.24, 2.45) is 5.92 Å². The lowest BCUT2D eigenvalue weighted by atomic mass is 9.97. The fraction of sp³-hybridized carbons (Fsp3) is 0.435. The van der Waals surface area contributed by atoms with Gasteiger partial charge in [-0.2, -0.15) is 0 Å². The fourth-order valence-electron chi connectivity index (χ4n) is 3.74. The third-order valence-corrected chi connectivity index (χ3v) is 7.49.